The highest BCUT2D eigenvalue weighted by Gasteiger charge is 2.20. The monoisotopic (exact) mass is 585 g/mol. The molecule has 0 aliphatic rings. The fraction of sp³-hybridized carbons (Fsp3) is 0.100. The van der Waals surface area contributed by atoms with Crippen LogP contribution < -0.4 is 29.6 Å². The van der Waals surface area contributed by atoms with E-state index in [0.717, 1.165) is 0 Å². The van der Waals surface area contributed by atoms with E-state index in [0.29, 0.717) is 45.2 Å². The number of fused-ring (bicyclic) bond motifs is 1. The zero-order valence-electron chi connectivity index (χ0n) is 22.9. The minimum Gasteiger partial charge on any atom is -0.497 e. The van der Waals surface area contributed by atoms with Gasteiger partial charge >= 0.3 is 0 Å². The number of nitrogens with zero attached hydrogens (tertiary/aromatic N) is 2. The van der Waals surface area contributed by atoms with Gasteiger partial charge in [-0.25, -0.2) is 18.4 Å². The van der Waals surface area contributed by atoms with E-state index in [2.05, 4.69) is 25.3 Å². The fourth-order valence-electron chi connectivity index (χ4n) is 4.05. The van der Waals surface area contributed by atoms with Crippen molar-refractivity contribution in [2.75, 3.05) is 36.7 Å². The second-order valence-corrected chi connectivity index (χ2v) is 10.6. The quantitative estimate of drug-likeness (QED) is 0.195. The molecule has 5 rings (SSSR count). The third-order valence-corrected chi connectivity index (χ3v) is 7.51. The minimum atomic E-state index is -4.16. The number of ether oxygens (including phenoxy) is 3. The maximum Gasteiger partial charge on any atom is 0.263 e. The van der Waals surface area contributed by atoms with Gasteiger partial charge in [0.05, 0.1) is 37.3 Å². The average molecular weight is 586 g/mol. The molecule has 214 valence electrons. The molecule has 42 heavy (non-hydrogen) atoms. The summed E-state index contributed by atoms with van der Waals surface area (Å²) in [6.07, 6.45) is 0. The molecule has 12 heteroatoms. The van der Waals surface area contributed by atoms with Crippen molar-refractivity contribution in [1.82, 2.24) is 9.97 Å². The number of methoxy groups -OCH3 is 3. The number of sulfonamides is 1. The van der Waals surface area contributed by atoms with E-state index in [4.69, 9.17) is 14.2 Å². The minimum absolute atomic E-state index is 0.0249. The molecule has 11 nitrogen and oxygen atoms in total. The third kappa shape index (κ3) is 6.34. The third-order valence-electron chi connectivity index (χ3n) is 6.17. The van der Waals surface area contributed by atoms with Gasteiger partial charge in [-0.05, 0) is 54.6 Å². The van der Waals surface area contributed by atoms with Gasteiger partial charge in [0.2, 0.25) is 0 Å². The number of carbonyl (C=O) groups is 1. The summed E-state index contributed by atoms with van der Waals surface area (Å²) >= 11 is 0. The van der Waals surface area contributed by atoms with Crippen LogP contribution >= 0.6 is 0 Å². The summed E-state index contributed by atoms with van der Waals surface area (Å²) in [6.45, 7) is 0. The zero-order valence-corrected chi connectivity index (χ0v) is 23.7. The summed E-state index contributed by atoms with van der Waals surface area (Å²) in [6, 6.07) is 24.7. The number of rotatable bonds is 10. The molecule has 0 atom stereocenters. The molecule has 0 aliphatic heterocycles. The molecule has 1 aromatic heterocycles. The number of hydrogen-bond acceptors (Lipinski definition) is 9. The summed E-state index contributed by atoms with van der Waals surface area (Å²) in [4.78, 5) is 21.8. The Hall–Kier alpha value is -5.36. The predicted molar refractivity (Wildman–Crippen MR) is 161 cm³/mol. The Kier molecular flexibility index (Phi) is 8.07. The molecular formula is C30H27N5O6S. The molecule has 1 heterocycles. The number of carbonyl (C=O) groups excluding carboxylic acids is 1. The van der Waals surface area contributed by atoms with Gasteiger partial charge in [-0.2, -0.15) is 0 Å². The molecule has 4 aromatic carbocycles. The van der Waals surface area contributed by atoms with Gasteiger partial charge in [0.25, 0.3) is 15.9 Å². The lowest BCUT2D eigenvalue weighted by atomic mass is 10.2. The Morgan fingerprint density at radius 3 is 1.90 bits per heavy atom. The Balaban J connectivity index is 1.45. The Labute approximate surface area is 242 Å². The summed E-state index contributed by atoms with van der Waals surface area (Å²) in [5.74, 6) is 1.41. The van der Waals surface area contributed by atoms with Gasteiger partial charge < -0.3 is 24.8 Å². The Bertz CT molecular complexity index is 1840. The number of amides is 1. The van der Waals surface area contributed by atoms with Crippen molar-refractivity contribution in [3.05, 3.63) is 96.6 Å². The van der Waals surface area contributed by atoms with Gasteiger partial charge in [0.1, 0.15) is 17.2 Å². The SMILES string of the molecule is COc1ccc(C(=O)Nc2cccc(S(=O)(=O)Nc3nc4ccccc4nc3Nc3cc(OC)cc(OC)c3)c2)cc1. The lowest BCUT2D eigenvalue weighted by molar-refractivity contribution is 0.102. The first-order valence-electron chi connectivity index (χ1n) is 12.6. The number of benzene rings is 4. The van der Waals surface area contributed by atoms with Crippen molar-refractivity contribution in [3.8, 4) is 17.2 Å². The molecule has 0 fully saturated rings. The Morgan fingerprint density at radius 2 is 1.29 bits per heavy atom. The number of hydrogen-bond donors (Lipinski definition) is 3. The van der Waals surface area contributed by atoms with E-state index in [1.807, 2.05) is 6.07 Å². The lowest BCUT2D eigenvalue weighted by Crippen LogP contribution is -2.17. The van der Waals surface area contributed by atoms with Crippen LogP contribution in [0.2, 0.25) is 0 Å². The van der Waals surface area contributed by atoms with E-state index in [-0.39, 0.29) is 16.5 Å². The standard InChI is InChI=1S/C30H27N5O6S/c1-39-22-13-11-19(12-14-22)30(36)32-20-7-6-8-25(17-20)42(37,38)35-29-28(33-26-9-4-5-10-27(26)34-29)31-21-15-23(40-2)18-24(16-21)41-3/h4-18H,1-3H3,(H,31,33)(H,32,36)(H,34,35). The number of nitrogens with one attached hydrogen (secondary N) is 3. The van der Waals surface area contributed by atoms with E-state index >= 15 is 0 Å². The van der Waals surface area contributed by atoms with Crippen LogP contribution in [0.3, 0.4) is 0 Å². The van der Waals surface area contributed by atoms with Gasteiger partial charge in [-0.3, -0.25) is 9.52 Å². The van der Waals surface area contributed by atoms with Crippen molar-refractivity contribution in [1.29, 1.82) is 0 Å². The molecule has 0 spiro atoms. The first-order valence-corrected chi connectivity index (χ1v) is 14.1. The van der Waals surface area contributed by atoms with Crippen molar-refractivity contribution < 1.29 is 27.4 Å². The molecule has 0 unspecified atom stereocenters. The Morgan fingerprint density at radius 1 is 0.667 bits per heavy atom. The largest absolute Gasteiger partial charge is 0.497 e. The molecular weight excluding hydrogens is 558 g/mol. The number of anilines is 4. The van der Waals surface area contributed by atoms with Crippen LogP contribution in [0.1, 0.15) is 10.4 Å². The van der Waals surface area contributed by atoms with Crippen molar-refractivity contribution in [2.24, 2.45) is 0 Å². The van der Waals surface area contributed by atoms with Gasteiger partial charge in [0, 0.05) is 35.1 Å². The first kappa shape index (κ1) is 28.2. The summed E-state index contributed by atoms with van der Waals surface area (Å²) < 4.78 is 45.5. The maximum absolute atomic E-state index is 13.5. The smallest absolute Gasteiger partial charge is 0.263 e. The topological polar surface area (TPSA) is 141 Å². The second kappa shape index (κ2) is 12.0. The fourth-order valence-corrected chi connectivity index (χ4v) is 5.10. The van der Waals surface area contributed by atoms with Crippen LogP contribution in [0.5, 0.6) is 17.2 Å². The first-order chi connectivity index (χ1) is 20.3. The van der Waals surface area contributed by atoms with Gasteiger partial charge in [0.15, 0.2) is 11.6 Å². The van der Waals surface area contributed by atoms with Gasteiger partial charge in [-0.1, -0.05) is 18.2 Å². The zero-order chi connectivity index (χ0) is 29.7. The summed E-state index contributed by atoms with van der Waals surface area (Å²) in [5, 5.41) is 5.85. The van der Waals surface area contributed by atoms with E-state index < -0.39 is 15.9 Å². The second-order valence-electron chi connectivity index (χ2n) is 8.95. The maximum atomic E-state index is 13.5. The molecule has 0 bridgehead atoms. The van der Waals surface area contributed by atoms with Crippen molar-refractivity contribution in [3.63, 3.8) is 0 Å². The number of aromatic nitrogens is 2. The van der Waals surface area contributed by atoms with Crippen LogP contribution in [0.4, 0.5) is 23.0 Å². The molecule has 0 saturated heterocycles. The molecule has 1 amide bonds. The van der Waals surface area contributed by atoms with Crippen LogP contribution in [0.15, 0.2) is 95.9 Å². The van der Waals surface area contributed by atoms with Gasteiger partial charge in [-0.15, -0.1) is 0 Å². The van der Waals surface area contributed by atoms with Crippen LogP contribution in [-0.2, 0) is 10.0 Å². The summed E-state index contributed by atoms with van der Waals surface area (Å²) in [7, 11) is 0.430. The molecule has 0 saturated carbocycles. The number of para-hydroxylation sites is 2. The highest BCUT2D eigenvalue weighted by Crippen LogP contribution is 2.31. The average Bonchev–Trinajstić information content (AvgIpc) is 3.01. The van der Waals surface area contributed by atoms with E-state index in [9.17, 15) is 13.2 Å². The molecule has 3 N–H and O–H groups in total. The van der Waals surface area contributed by atoms with Crippen molar-refractivity contribution >= 4 is 50.0 Å². The normalized spacial score (nSPS) is 11.0. The van der Waals surface area contributed by atoms with E-state index in [1.54, 1.807) is 66.7 Å². The molecule has 0 radical (unpaired) electrons. The predicted octanol–water partition coefficient (Wildman–Crippen LogP) is 5.45. The van der Waals surface area contributed by atoms with Crippen LogP contribution in [0, 0.1) is 0 Å². The van der Waals surface area contributed by atoms with Crippen LogP contribution in [-0.4, -0.2) is 45.6 Å². The highest BCUT2D eigenvalue weighted by atomic mass is 32.2. The lowest BCUT2D eigenvalue weighted by Gasteiger charge is -2.15. The van der Waals surface area contributed by atoms with Crippen molar-refractivity contribution in [2.45, 2.75) is 4.90 Å². The molecule has 5 aromatic rings. The highest BCUT2D eigenvalue weighted by molar-refractivity contribution is 7.92. The van der Waals surface area contributed by atoms with E-state index in [1.165, 1.54) is 39.5 Å². The summed E-state index contributed by atoms with van der Waals surface area (Å²) in [5.41, 5.74) is 2.27. The van der Waals surface area contributed by atoms with Crippen LogP contribution in [0.25, 0.3) is 11.0 Å². The molecule has 0 aliphatic carbocycles.